The van der Waals surface area contributed by atoms with E-state index >= 15 is 0 Å². The Morgan fingerprint density at radius 1 is 1.35 bits per heavy atom. The highest BCUT2D eigenvalue weighted by molar-refractivity contribution is 6.32. The summed E-state index contributed by atoms with van der Waals surface area (Å²) in [5.74, 6) is 0.0475. The molecule has 2 rings (SSSR count). The number of esters is 1. The lowest BCUT2D eigenvalue weighted by molar-refractivity contribution is -0.152. The SMILES string of the molecule is COC(=O)C(C)(C)[C@H]1NC(=O)[C@@H](Cc2ccc(OC)c(Cl)c2)N1. The summed E-state index contributed by atoms with van der Waals surface area (Å²) in [5.41, 5.74) is 0.0384. The van der Waals surface area contributed by atoms with Crippen LogP contribution >= 0.6 is 11.6 Å². The topological polar surface area (TPSA) is 76.7 Å². The van der Waals surface area contributed by atoms with Crippen LogP contribution in [0.4, 0.5) is 0 Å². The second-order valence-electron chi connectivity index (χ2n) is 6.05. The Labute approximate surface area is 140 Å². The molecule has 0 spiro atoms. The molecule has 0 radical (unpaired) electrons. The number of halogens is 1. The van der Waals surface area contributed by atoms with Crippen molar-refractivity contribution in [1.82, 2.24) is 10.6 Å². The molecule has 1 amide bonds. The van der Waals surface area contributed by atoms with E-state index in [1.807, 2.05) is 6.07 Å². The zero-order chi connectivity index (χ0) is 17.2. The first-order valence-electron chi connectivity index (χ1n) is 7.27. The maximum atomic E-state index is 12.2. The molecule has 0 saturated carbocycles. The van der Waals surface area contributed by atoms with Crippen LogP contribution in [0.2, 0.25) is 5.02 Å². The molecule has 1 heterocycles. The van der Waals surface area contributed by atoms with E-state index in [0.29, 0.717) is 17.2 Å². The lowest BCUT2D eigenvalue weighted by Crippen LogP contribution is -2.50. The zero-order valence-corrected chi connectivity index (χ0v) is 14.4. The number of hydrogen-bond donors (Lipinski definition) is 2. The molecule has 1 aromatic carbocycles. The molecule has 0 bridgehead atoms. The Kier molecular flexibility index (Phi) is 5.16. The summed E-state index contributed by atoms with van der Waals surface area (Å²) in [6.45, 7) is 3.45. The molecule has 1 aromatic rings. The highest BCUT2D eigenvalue weighted by Gasteiger charge is 2.45. The average molecular weight is 341 g/mol. The quantitative estimate of drug-likeness (QED) is 0.794. The fourth-order valence-corrected chi connectivity index (χ4v) is 2.84. The number of nitrogens with one attached hydrogen (secondary N) is 2. The molecule has 0 aliphatic carbocycles. The van der Waals surface area contributed by atoms with Crippen molar-refractivity contribution in [2.24, 2.45) is 5.41 Å². The lowest BCUT2D eigenvalue weighted by Gasteiger charge is -2.28. The van der Waals surface area contributed by atoms with Crippen molar-refractivity contribution in [1.29, 1.82) is 0 Å². The van der Waals surface area contributed by atoms with Gasteiger partial charge in [0.1, 0.15) is 5.75 Å². The molecular weight excluding hydrogens is 320 g/mol. The van der Waals surface area contributed by atoms with Crippen LogP contribution in [0.25, 0.3) is 0 Å². The van der Waals surface area contributed by atoms with Crippen LogP contribution in [-0.2, 0) is 20.7 Å². The van der Waals surface area contributed by atoms with Gasteiger partial charge >= 0.3 is 5.97 Å². The zero-order valence-electron chi connectivity index (χ0n) is 13.6. The molecule has 2 atom stereocenters. The molecule has 1 aliphatic heterocycles. The second-order valence-corrected chi connectivity index (χ2v) is 6.45. The largest absolute Gasteiger partial charge is 0.495 e. The molecule has 0 aromatic heterocycles. The van der Waals surface area contributed by atoms with Gasteiger partial charge in [0, 0.05) is 0 Å². The van der Waals surface area contributed by atoms with Crippen LogP contribution in [-0.4, -0.2) is 38.3 Å². The standard InChI is InChI=1S/C16H21ClN2O4/c1-16(2,15(21)23-4)14-18-11(13(20)19-14)8-9-5-6-12(22-3)10(17)7-9/h5-7,11,14,18H,8H2,1-4H3,(H,19,20)/t11-,14-/m1/s1. The van der Waals surface area contributed by atoms with E-state index < -0.39 is 17.6 Å². The van der Waals surface area contributed by atoms with Crippen molar-refractivity contribution in [2.75, 3.05) is 14.2 Å². The van der Waals surface area contributed by atoms with Crippen molar-refractivity contribution >= 4 is 23.5 Å². The molecule has 126 valence electrons. The predicted octanol–water partition coefficient (Wildman–Crippen LogP) is 1.50. The normalized spacial score (nSPS) is 21.0. The smallest absolute Gasteiger partial charge is 0.314 e. The fourth-order valence-electron chi connectivity index (χ4n) is 2.56. The molecular formula is C16H21ClN2O4. The number of amides is 1. The maximum Gasteiger partial charge on any atom is 0.314 e. The maximum absolute atomic E-state index is 12.2. The Bertz CT molecular complexity index is 618. The van der Waals surface area contributed by atoms with Crippen LogP contribution in [0.1, 0.15) is 19.4 Å². The molecule has 6 nitrogen and oxygen atoms in total. The second kappa shape index (κ2) is 6.76. The average Bonchev–Trinajstić information content (AvgIpc) is 2.88. The van der Waals surface area contributed by atoms with Gasteiger partial charge in [-0.05, 0) is 38.0 Å². The number of carbonyl (C=O) groups excluding carboxylic acids is 2. The minimum absolute atomic E-state index is 0.154. The number of rotatable bonds is 5. The number of carbonyl (C=O) groups is 2. The number of ether oxygens (including phenoxy) is 2. The van der Waals surface area contributed by atoms with Gasteiger partial charge in [0.25, 0.3) is 0 Å². The van der Waals surface area contributed by atoms with Gasteiger partial charge in [-0.2, -0.15) is 0 Å². The fraction of sp³-hybridized carbons (Fsp3) is 0.500. The highest BCUT2D eigenvalue weighted by Crippen LogP contribution is 2.27. The first-order chi connectivity index (χ1) is 10.8. The summed E-state index contributed by atoms with van der Waals surface area (Å²) in [6.07, 6.45) is -0.0234. The third-order valence-corrected chi connectivity index (χ3v) is 4.36. The molecule has 23 heavy (non-hydrogen) atoms. The highest BCUT2D eigenvalue weighted by atomic mass is 35.5. The van der Waals surface area contributed by atoms with Crippen molar-refractivity contribution in [3.63, 3.8) is 0 Å². The minimum Gasteiger partial charge on any atom is -0.495 e. The van der Waals surface area contributed by atoms with E-state index in [4.69, 9.17) is 21.1 Å². The van der Waals surface area contributed by atoms with Gasteiger partial charge in [0.05, 0.1) is 36.9 Å². The Morgan fingerprint density at radius 2 is 2.04 bits per heavy atom. The summed E-state index contributed by atoms with van der Waals surface area (Å²) >= 11 is 6.11. The molecule has 1 saturated heterocycles. The van der Waals surface area contributed by atoms with E-state index in [2.05, 4.69) is 10.6 Å². The monoisotopic (exact) mass is 340 g/mol. The minimum atomic E-state index is -0.864. The van der Waals surface area contributed by atoms with Crippen molar-refractivity contribution < 1.29 is 19.1 Å². The Balaban J connectivity index is 2.09. The van der Waals surface area contributed by atoms with E-state index in [9.17, 15) is 9.59 Å². The summed E-state index contributed by atoms with van der Waals surface area (Å²) in [6, 6.07) is 4.96. The van der Waals surface area contributed by atoms with Crippen molar-refractivity contribution in [3.8, 4) is 5.75 Å². The summed E-state index contributed by atoms with van der Waals surface area (Å²) in [5, 5.41) is 6.46. The van der Waals surface area contributed by atoms with Gasteiger partial charge in [-0.15, -0.1) is 0 Å². The Hall–Kier alpha value is -1.79. The van der Waals surface area contributed by atoms with Crippen LogP contribution in [0.5, 0.6) is 5.75 Å². The van der Waals surface area contributed by atoms with Crippen LogP contribution < -0.4 is 15.4 Å². The summed E-state index contributed by atoms with van der Waals surface area (Å²) in [4.78, 5) is 24.0. The third-order valence-electron chi connectivity index (χ3n) is 4.06. The molecule has 2 N–H and O–H groups in total. The van der Waals surface area contributed by atoms with E-state index in [1.165, 1.54) is 7.11 Å². The van der Waals surface area contributed by atoms with Gasteiger partial charge in [0.15, 0.2) is 0 Å². The lowest BCUT2D eigenvalue weighted by atomic mass is 9.90. The van der Waals surface area contributed by atoms with Crippen LogP contribution in [0, 0.1) is 5.41 Å². The first-order valence-corrected chi connectivity index (χ1v) is 7.64. The van der Waals surface area contributed by atoms with Gasteiger partial charge in [0.2, 0.25) is 5.91 Å². The van der Waals surface area contributed by atoms with E-state index in [0.717, 1.165) is 5.56 Å². The van der Waals surface area contributed by atoms with Gasteiger partial charge in [-0.1, -0.05) is 17.7 Å². The third kappa shape index (κ3) is 3.59. The van der Waals surface area contributed by atoms with Crippen LogP contribution in [0.15, 0.2) is 18.2 Å². The Morgan fingerprint density at radius 3 is 2.61 bits per heavy atom. The molecule has 1 aliphatic rings. The summed E-state index contributed by atoms with van der Waals surface area (Å²) in [7, 11) is 2.88. The number of hydrogen-bond acceptors (Lipinski definition) is 5. The molecule has 1 fully saturated rings. The van der Waals surface area contributed by atoms with E-state index in [-0.39, 0.29) is 11.9 Å². The molecule has 0 unspecified atom stereocenters. The van der Waals surface area contributed by atoms with Crippen molar-refractivity contribution in [3.05, 3.63) is 28.8 Å². The van der Waals surface area contributed by atoms with Gasteiger partial charge < -0.3 is 14.8 Å². The van der Waals surface area contributed by atoms with Gasteiger partial charge in [-0.25, -0.2) is 0 Å². The predicted molar refractivity (Wildman–Crippen MR) is 86.4 cm³/mol. The molecule has 7 heteroatoms. The first kappa shape index (κ1) is 17.6. The number of benzene rings is 1. The number of methoxy groups -OCH3 is 2. The summed E-state index contributed by atoms with van der Waals surface area (Å²) < 4.78 is 9.91. The van der Waals surface area contributed by atoms with Gasteiger partial charge in [-0.3, -0.25) is 14.9 Å². The van der Waals surface area contributed by atoms with Crippen molar-refractivity contribution in [2.45, 2.75) is 32.5 Å². The van der Waals surface area contributed by atoms with Crippen LogP contribution in [0.3, 0.4) is 0 Å². The van der Waals surface area contributed by atoms with E-state index in [1.54, 1.807) is 33.1 Å².